The summed E-state index contributed by atoms with van der Waals surface area (Å²) in [5.41, 5.74) is 2.53. The Morgan fingerprint density at radius 3 is 2.19 bits per heavy atom. The van der Waals surface area contributed by atoms with Crippen molar-refractivity contribution in [2.24, 2.45) is 0 Å². The Morgan fingerprint density at radius 2 is 1.62 bits per heavy atom. The van der Waals surface area contributed by atoms with Gasteiger partial charge in [-0.1, -0.05) is 39.0 Å². The van der Waals surface area contributed by atoms with E-state index in [0.29, 0.717) is 22.4 Å². The highest BCUT2D eigenvalue weighted by Crippen LogP contribution is 2.25. The molecule has 136 valence electrons. The van der Waals surface area contributed by atoms with Crippen LogP contribution in [0.5, 0.6) is 0 Å². The van der Waals surface area contributed by atoms with Gasteiger partial charge in [-0.15, -0.1) is 0 Å². The number of aromatic amines is 1. The van der Waals surface area contributed by atoms with Gasteiger partial charge in [-0.25, -0.2) is 13.4 Å². The second-order valence-corrected chi connectivity index (χ2v) is 9.10. The zero-order chi connectivity index (χ0) is 19.1. The number of anilines is 1. The van der Waals surface area contributed by atoms with Crippen molar-refractivity contribution in [3.05, 3.63) is 58.6 Å². The van der Waals surface area contributed by atoms with Crippen molar-refractivity contribution in [3.63, 3.8) is 0 Å². The lowest BCUT2D eigenvalue weighted by atomic mass is 9.95. The Morgan fingerprint density at radius 1 is 1.00 bits per heavy atom. The fraction of sp³-hybridized carbons (Fsp3) is 0.263. The highest BCUT2D eigenvalue weighted by Gasteiger charge is 2.18. The zero-order valence-corrected chi connectivity index (χ0v) is 15.9. The summed E-state index contributed by atoms with van der Waals surface area (Å²) in [6.45, 7) is 5.98. The average molecular weight is 371 g/mol. The van der Waals surface area contributed by atoms with Crippen molar-refractivity contribution in [2.45, 2.75) is 26.2 Å². The van der Waals surface area contributed by atoms with Crippen LogP contribution >= 0.6 is 0 Å². The molecule has 0 bridgehead atoms. The number of benzene rings is 2. The van der Waals surface area contributed by atoms with E-state index in [2.05, 4.69) is 14.7 Å². The highest BCUT2D eigenvalue weighted by molar-refractivity contribution is 7.92. The molecular formula is C19H21N3O3S. The summed E-state index contributed by atoms with van der Waals surface area (Å²) >= 11 is 0. The summed E-state index contributed by atoms with van der Waals surface area (Å²) in [7, 11) is -3.31. The Hall–Kier alpha value is -2.67. The fourth-order valence-corrected chi connectivity index (χ4v) is 3.18. The largest absolute Gasteiger partial charge is 0.310 e. The maximum Gasteiger partial charge on any atom is 0.258 e. The lowest BCUT2D eigenvalue weighted by molar-refractivity contribution is 0.546. The van der Waals surface area contributed by atoms with Crippen molar-refractivity contribution in [1.29, 1.82) is 0 Å². The van der Waals surface area contributed by atoms with Crippen LogP contribution in [0.2, 0.25) is 0 Å². The molecule has 7 heteroatoms. The normalized spacial score (nSPS) is 12.3. The molecule has 3 rings (SSSR count). The first-order chi connectivity index (χ1) is 12.0. The number of rotatable bonds is 3. The third-order valence-corrected chi connectivity index (χ3v) is 4.54. The van der Waals surface area contributed by atoms with E-state index in [1.165, 1.54) is 0 Å². The van der Waals surface area contributed by atoms with Crippen molar-refractivity contribution in [1.82, 2.24) is 9.97 Å². The van der Waals surface area contributed by atoms with Crippen LogP contribution in [0.4, 0.5) is 5.69 Å². The van der Waals surface area contributed by atoms with Gasteiger partial charge >= 0.3 is 0 Å². The predicted octanol–water partition coefficient (Wildman–Crippen LogP) is 3.26. The molecule has 0 aliphatic carbocycles. The summed E-state index contributed by atoms with van der Waals surface area (Å²) in [6, 6.07) is 12.5. The zero-order valence-electron chi connectivity index (χ0n) is 15.1. The van der Waals surface area contributed by atoms with Gasteiger partial charge in [0.15, 0.2) is 0 Å². The van der Waals surface area contributed by atoms with Gasteiger partial charge in [0.25, 0.3) is 5.56 Å². The van der Waals surface area contributed by atoms with Gasteiger partial charge in [0.1, 0.15) is 5.82 Å². The minimum absolute atomic E-state index is 0.154. The molecule has 0 aliphatic heterocycles. The number of nitrogens with zero attached hydrogens (tertiary/aromatic N) is 1. The van der Waals surface area contributed by atoms with E-state index in [4.69, 9.17) is 0 Å². The number of fused-ring (bicyclic) bond motifs is 1. The van der Waals surface area contributed by atoms with E-state index in [0.717, 1.165) is 17.4 Å². The van der Waals surface area contributed by atoms with E-state index in [1.807, 2.05) is 45.0 Å². The Kier molecular flexibility index (Phi) is 4.36. The van der Waals surface area contributed by atoms with Crippen molar-refractivity contribution in [2.75, 3.05) is 11.0 Å². The van der Waals surface area contributed by atoms with Crippen LogP contribution in [-0.4, -0.2) is 24.6 Å². The number of H-pyrrole nitrogens is 1. The van der Waals surface area contributed by atoms with E-state index in [-0.39, 0.29) is 11.0 Å². The third-order valence-electron chi connectivity index (χ3n) is 3.94. The van der Waals surface area contributed by atoms with Crippen LogP contribution in [0.3, 0.4) is 0 Å². The first-order valence-electron chi connectivity index (χ1n) is 8.16. The van der Waals surface area contributed by atoms with Gasteiger partial charge in [-0.2, -0.15) is 0 Å². The molecule has 0 fully saturated rings. The second kappa shape index (κ2) is 6.25. The number of hydrogen-bond donors (Lipinski definition) is 2. The quantitative estimate of drug-likeness (QED) is 0.739. The molecule has 0 saturated heterocycles. The molecule has 26 heavy (non-hydrogen) atoms. The SMILES string of the molecule is CC(C)(C)c1nc2cc(-c3ccc(NS(C)(=O)=O)cc3)ccc2c(=O)[nH]1. The van der Waals surface area contributed by atoms with Gasteiger partial charge in [0.2, 0.25) is 10.0 Å². The molecule has 2 aromatic carbocycles. The molecule has 0 unspecified atom stereocenters. The van der Waals surface area contributed by atoms with E-state index in [1.54, 1.807) is 18.2 Å². The third kappa shape index (κ3) is 3.94. The summed E-state index contributed by atoms with van der Waals surface area (Å²) in [5, 5.41) is 0.539. The molecule has 0 atom stereocenters. The van der Waals surface area contributed by atoms with Crippen molar-refractivity contribution in [3.8, 4) is 11.1 Å². The van der Waals surface area contributed by atoms with Crippen molar-refractivity contribution >= 4 is 26.6 Å². The van der Waals surface area contributed by atoms with Gasteiger partial charge in [0, 0.05) is 11.1 Å². The van der Waals surface area contributed by atoms with Crippen LogP contribution < -0.4 is 10.3 Å². The Bertz CT molecular complexity index is 1130. The van der Waals surface area contributed by atoms with Gasteiger partial charge in [0.05, 0.1) is 17.2 Å². The molecule has 0 saturated carbocycles. The number of sulfonamides is 1. The molecule has 0 aliphatic rings. The highest BCUT2D eigenvalue weighted by atomic mass is 32.2. The lowest BCUT2D eigenvalue weighted by Crippen LogP contribution is -2.22. The van der Waals surface area contributed by atoms with Crippen LogP contribution in [0.1, 0.15) is 26.6 Å². The van der Waals surface area contributed by atoms with Crippen LogP contribution in [0.15, 0.2) is 47.3 Å². The second-order valence-electron chi connectivity index (χ2n) is 7.35. The van der Waals surface area contributed by atoms with Crippen LogP contribution in [0, 0.1) is 0 Å². The average Bonchev–Trinajstić information content (AvgIpc) is 2.52. The molecule has 0 spiro atoms. The van der Waals surface area contributed by atoms with Gasteiger partial charge in [-0.05, 0) is 35.4 Å². The number of aromatic nitrogens is 2. The fourth-order valence-electron chi connectivity index (χ4n) is 2.62. The predicted molar refractivity (Wildman–Crippen MR) is 105 cm³/mol. The van der Waals surface area contributed by atoms with Crippen molar-refractivity contribution < 1.29 is 8.42 Å². The maximum absolute atomic E-state index is 12.3. The lowest BCUT2D eigenvalue weighted by Gasteiger charge is -2.17. The molecule has 0 amide bonds. The van der Waals surface area contributed by atoms with Crippen LogP contribution in [0.25, 0.3) is 22.0 Å². The summed E-state index contributed by atoms with van der Waals surface area (Å²) in [4.78, 5) is 19.8. The molecule has 2 N–H and O–H groups in total. The van der Waals surface area contributed by atoms with Gasteiger partial charge < -0.3 is 4.98 Å². The first-order valence-corrected chi connectivity index (χ1v) is 10.0. The van der Waals surface area contributed by atoms with E-state index in [9.17, 15) is 13.2 Å². The Balaban J connectivity index is 2.04. The maximum atomic E-state index is 12.3. The summed E-state index contributed by atoms with van der Waals surface area (Å²) in [5.74, 6) is 0.639. The number of hydrogen-bond acceptors (Lipinski definition) is 4. The van der Waals surface area contributed by atoms with Gasteiger partial charge in [-0.3, -0.25) is 9.52 Å². The molecule has 0 radical (unpaired) electrons. The summed E-state index contributed by atoms with van der Waals surface area (Å²) in [6.07, 6.45) is 1.11. The Labute approximate surface area is 152 Å². The van der Waals surface area contributed by atoms with Crippen LogP contribution in [-0.2, 0) is 15.4 Å². The standard InChI is InChI=1S/C19H21N3O3S/c1-19(2,3)18-20-16-11-13(7-10-15(16)17(23)21-18)12-5-8-14(9-6-12)22-26(4,24)25/h5-11,22H,1-4H3,(H,20,21,23). The topological polar surface area (TPSA) is 91.9 Å². The number of nitrogens with one attached hydrogen (secondary N) is 2. The summed E-state index contributed by atoms with van der Waals surface area (Å²) < 4.78 is 25.0. The minimum atomic E-state index is -3.31. The molecule has 3 aromatic rings. The first kappa shape index (κ1) is 18.1. The molecule has 6 nitrogen and oxygen atoms in total. The van der Waals surface area contributed by atoms with E-state index >= 15 is 0 Å². The molecule has 1 aromatic heterocycles. The molecule has 1 heterocycles. The van der Waals surface area contributed by atoms with E-state index < -0.39 is 10.0 Å². The smallest absolute Gasteiger partial charge is 0.258 e. The minimum Gasteiger partial charge on any atom is -0.310 e. The monoisotopic (exact) mass is 371 g/mol. The molecular weight excluding hydrogens is 350 g/mol.